The van der Waals surface area contributed by atoms with Crippen LogP contribution in [0.4, 0.5) is 5.69 Å². The smallest absolute Gasteiger partial charge is 0.255 e. The number of phenolic OH excluding ortho intramolecular Hbond substituents is 1. The van der Waals surface area contributed by atoms with Gasteiger partial charge in [-0.25, -0.2) is 8.42 Å². The predicted molar refractivity (Wildman–Crippen MR) is 108 cm³/mol. The third-order valence-electron chi connectivity index (χ3n) is 4.04. The number of sulfonamides is 1. The molecule has 0 fully saturated rings. The van der Waals surface area contributed by atoms with Gasteiger partial charge in [0, 0.05) is 18.7 Å². The summed E-state index contributed by atoms with van der Waals surface area (Å²) in [6.07, 6.45) is 1.61. The molecule has 0 aliphatic heterocycles. The molecule has 28 heavy (non-hydrogen) atoms. The highest BCUT2D eigenvalue weighted by molar-refractivity contribution is 7.89. The summed E-state index contributed by atoms with van der Waals surface area (Å²) < 4.78 is 32.0. The number of benzene rings is 2. The molecular formula is C20H24N2O5S. The van der Waals surface area contributed by atoms with E-state index in [4.69, 9.17) is 4.74 Å². The van der Waals surface area contributed by atoms with E-state index in [2.05, 4.69) is 11.9 Å². The molecule has 0 spiro atoms. The van der Waals surface area contributed by atoms with Crippen molar-refractivity contribution >= 4 is 21.6 Å². The van der Waals surface area contributed by atoms with E-state index in [-0.39, 0.29) is 16.3 Å². The van der Waals surface area contributed by atoms with E-state index in [9.17, 15) is 18.3 Å². The summed E-state index contributed by atoms with van der Waals surface area (Å²) in [5.74, 6) is -0.118. The number of hydrogen-bond donors (Lipinski definition) is 2. The minimum absolute atomic E-state index is 0.00234. The number of ether oxygens (including phenoxy) is 1. The molecule has 2 rings (SSSR count). The van der Waals surface area contributed by atoms with Gasteiger partial charge in [-0.1, -0.05) is 26.5 Å². The fourth-order valence-electron chi connectivity index (χ4n) is 2.54. The molecule has 2 aromatic rings. The number of nitrogens with zero attached hydrogens (tertiary/aromatic N) is 1. The molecule has 0 heterocycles. The first-order valence-electron chi connectivity index (χ1n) is 8.81. The largest absolute Gasteiger partial charge is 0.506 e. The topological polar surface area (TPSA) is 95.9 Å². The number of carbonyl (C=O) groups is 1. The highest BCUT2D eigenvalue weighted by atomic mass is 32.2. The summed E-state index contributed by atoms with van der Waals surface area (Å²) in [7, 11) is -3.71. The summed E-state index contributed by atoms with van der Waals surface area (Å²) in [5, 5.41) is 12.6. The van der Waals surface area contributed by atoms with Crippen molar-refractivity contribution in [2.75, 3.05) is 25.0 Å². The van der Waals surface area contributed by atoms with E-state index >= 15 is 0 Å². The Labute approximate surface area is 165 Å². The molecule has 0 atom stereocenters. The normalized spacial score (nSPS) is 11.2. The van der Waals surface area contributed by atoms with Gasteiger partial charge in [0.25, 0.3) is 5.91 Å². The van der Waals surface area contributed by atoms with Crippen LogP contribution in [0.1, 0.15) is 24.2 Å². The van der Waals surface area contributed by atoms with E-state index in [0.29, 0.717) is 31.0 Å². The number of hydrogen-bond acceptors (Lipinski definition) is 5. The van der Waals surface area contributed by atoms with Crippen molar-refractivity contribution < 1.29 is 23.1 Å². The van der Waals surface area contributed by atoms with Crippen molar-refractivity contribution in [3.05, 3.63) is 60.7 Å². The highest BCUT2D eigenvalue weighted by Crippen LogP contribution is 2.28. The molecule has 1 amide bonds. The lowest BCUT2D eigenvalue weighted by Crippen LogP contribution is -2.30. The molecule has 7 nitrogen and oxygen atoms in total. The second-order valence-corrected chi connectivity index (χ2v) is 7.78. The molecule has 2 N–H and O–H groups in total. The number of phenols is 1. The van der Waals surface area contributed by atoms with Gasteiger partial charge >= 0.3 is 0 Å². The Bertz CT molecular complexity index is 936. The van der Waals surface area contributed by atoms with Crippen LogP contribution in [0.3, 0.4) is 0 Å². The van der Waals surface area contributed by atoms with Gasteiger partial charge in [0.05, 0.1) is 10.6 Å². The van der Waals surface area contributed by atoms with Gasteiger partial charge in [-0.15, -0.1) is 0 Å². The molecule has 150 valence electrons. The lowest BCUT2D eigenvalue weighted by atomic mass is 10.2. The maximum absolute atomic E-state index is 12.6. The summed E-state index contributed by atoms with van der Waals surface area (Å²) in [4.78, 5) is 12.5. The first-order chi connectivity index (χ1) is 13.3. The maximum atomic E-state index is 12.6. The van der Waals surface area contributed by atoms with Gasteiger partial charge in [-0.2, -0.15) is 4.31 Å². The van der Waals surface area contributed by atoms with E-state index in [1.54, 1.807) is 44.2 Å². The number of aromatic hydroxyl groups is 1. The zero-order valence-electron chi connectivity index (χ0n) is 15.9. The standard InChI is InChI=1S/C20H24N2O5S/c1-4-13-27-16-9-7-15(8-10-16)20(24)21-18-14-17(11-12-19(18)23)28(25,26)22(5-2)6-3/h4,7-12,14,23H,1,5-6,13H2,2-3H3,(H,21,24). The van der Waals surface area contributed by atoms with Crippen LogP contribution in [0.15, 0.2) is 60.0 Å². The van der Waals surface area contributed by atoms with E-state index in [1.165, 1.54) is 22.5 Å². The van der Waals surface area contributed by atoms with Crippen LogP contribution in [0.5, 0.6) is 11.5 Å². The number of carbonyl (C=O) groups excluding carboxylic acids is 1. The second-order valence-electron chi connectivity index (χ2n) is 5.85. The molecule has 0 aromatic heterocycles. The number of amides is 1. The van der Waals surface area contributed by atoms with Crippen LogP contribution in [0, 0.1) is 0 Å². The third kappa shape index (κ3) is 4.90. The Hall–Kier alpha value is -2.84. The van der Waals surface area contributed by atoms with Gasteiger partial charge in [0.1, 0.15) is 18.1 Å². The van der Waals surface area contributed by atoms with Crippen molar-refractivity contribution in [3.8, 4) is 11.5 Å². The molecule has 8 heteroatoms. The van der Waals surface area contributed by atoms with Crippen molar-refractivity contribution in [3.63, 3.8) is 0 Å². The number of anilines is 1. The van der Waals surface area contributed by atoms with E-state index < -0.39 is 15.9 Å². The van der Waals surface area contributed by atoms with E-state index in [0.717, 1.165) is 0 Å². The van der Waals surface area contributed by atoms with Gasteiger partial charge < -0.3 is 15.2 Å². The average Bonchev–Trinajstić information content (AvgIpc) is 2.69. The Morgan fingerprint density at radius 1 is 1.18 bits per heavy atom. The Morgan fingerprint density at radius 3 is 2.39 bits per heavy atom. The van der Waals surface area contributed by atoms with Crippen molar-refractivity contribution in [1.82, 2.24) is 4.31 Å². The zero-order chi connectivity index (χ0) is 20.7. The maximum Gasteiger partial charge on any atom is 0.255 e. The quantitative estimate of drug-likeness (QED) is 0.494. The van der Waals surface area contributed by atoms with Gasteiger partial charge in [-0.05, 0) is 42.5 Å². The van der Waals surface area contributed by atoms with E-state index in [1.807, 2.05) is 0 Å². The molecule has 0 unspecified atom stereocenters. The third-order valence-corrected chi connectivity index (χ3v) is 6.09. The lowest BCUT2D eigenvalue weighted by Gasteiger charge is -2.19. The fraction of sp³-hybridized carbons (Fsp3) is 0.250. The predicted octanol–water partition coefficient (Wildman–Crippen LogP) is 3.24. The molecule has 0 radical (unpaired) electrons. The lowest BCUT2D eigenvalue weighted by molar-refractivity contribution is 0.102. The van der Waals surface area contributed by atoms with Crippen LogP contribution in [0.2, 0.25) is 0 Å². The Balaban J connectivity index is 2.24. The molecule has 0 aliphatic rings. The first kappa shape index (κ1) is 21.5. The first-order valence-corrected chi connectivity index (χ1v) is 10.3. The van der Waals surface area contributed by atoms with Crippen LogP contribution in [-0.4, -0.2) is 43.4 Å². The average molecular weight is 404 g/mol. The van der Waals surface area contributed by atoms with Crippen LogP contribution >= 0.6 is 0 Å². The summed E-state index contributed by atoms with van der Waals surface area (Å²) in [5.41, 5.74) is 0.354. The molecular weight excluding hydrogens is 380 g/mol. The Kier molecular flexibility index (Phi) is 7.19. The highest BCUT2D eigenvalue weighted by Gasteiger charge is 2.23. The van der Waals surface area contributed by atoms with Crippen molar-refractivity contribution in [2.45, 2.75) is 18.7 Å². The van der Waals surface area contributed by atoms with Crippen LogP contribution in [0.25, 0.3) is 0 Å². The molecule has 0 bridgehead atoms. The van der Waals surface area contributed by atoms with Gasteiger partial charge in [0.15, 0.2) is 0 Å². The summed E-state index contributed by atoms with van der Waals surface area (Å²) in [6.45, 7) is 8.05. The van der Waals surface area contributed by atoms with Crippen molar-refractivity contribution in [1.29, 1.82) is 0 Å². The minimum atomic E-state index is -3.71. The fourth-order valence-corrected chi connectivity index (χ4v) is 4.03. The molecule has 0 saturated heterocycles. The van der Waals surface area contributed by atoms with Gasteiger partial charge in [-0.3, -0.25) is 4.79 Å². The van der Waals surface area contributed by atoms with Crippen molar-refractivity contribution in [2.24, 2.45) is 0 Å². The molecule has 0 aliphatic carbocycles. The van der Waals surface area contributed by atoms with Crippen LogP contribution in [-0.2, 0) is 10.0 Å². The summed E-state index contributed by atoms with van der Waals surface area (Å²) in [6, 6.07) is 10.2. The molecule has 2 aromatic carbocycles. The zero-order valence-corrected chi connectivity index (χ0v) is 16.7. The molecule has 0 saturated carbocycles. The minimum Gasteiger partial charge on any atom is -0.506 e. The summed E-state index contributed by atoms with van der Waals surface area (Å²) >= 11 is 0. The number of nitrogens with one attached hydrogen (secondary N) is 1. The van der Waals surface area contributed by atoms with Gasteiger partial charge in [0.2, 0.25) is 10.0 Å². The monoisotopic (exact) mass is 404 g/mol. The number of rotatable bonds is 9. The Morgan fingerprint density at radius 2 is 1.82 bits per heavy atom. The van der Waals surface area contributed by atoms with Crippen LogP contribution < -0.4 is 10.1 Å². The second kappa shape index (κ2) is 9.38. The SMILES string of the molecule is C=CCOc1ccc(C(=O)Nc2cc(S(=O)(=O)N(CC)CC)ccc2O)cc1.